The Morgan fingerprint density at radius 3 is 1.94 bits per heavy atom. The topological polar surface area (TPSA) is 20.2 Å². The Morgan fingerprint density at radius 2 is 1.39 bits per heavy atom. The van der Waals surface area contributed by atoms with Crippen LogP contribution in [-0.2, 0) is 0 Å². The largest absolute Gasteiger partial charge is 0.396 e. The van der Waals surface area contributed by atoms with Gasteiger partial charge in [0.2, 0.25) is 0 Å². The summed E-state index contributed by atoms with van der Waals surface area (Å²) in [5.41, 5.74) is 0. The SMILES string of the molecule is CCCCCCCCCCCC=CC[C@@H](C)CO. The van der Waals surface area contributed by atoms with Gasteiger partial charge in [-0.05, 0) is 25.2 Å². The first-order valence-corrected chi connectivity index (χ1v) is 8.07. The van der Waals surface area contributed by atoms with Gasteiger partial charge in [-0.3, -0.25) is 0 Å². The third-order valence-electron chi connectivity index (χ3n) is 3.49. The Labute approximate surface area is 115 Å². The van der Waals surface area contributed by atoms with E-state index in [0.717, 1.165) is 6.42 Å². The molecule has 0 spiro atoms. The molecule has 1 N–H and O–H groups in total. The average molecular weight is 254 g/mol. The van der Waals surface area contributed by atoms with Crippen LogP contribution >= 0.6 is 0 Å². The van der Waals surface area contributed by atoms with E-state index in [9.17, 15) is 0 Å². The Balaban J connectivity index is 3.07. The van der Waals surface area contributed by atoms with Gasteiger partial charge in [0.25, 0.3) is 0 Å². The van der Waals surface area contributed by atoms with Crippen molar-refractivity contribution >= 4 is 0 Å². The van der Waals surface area contributed by atoms with E-state index in [0.29, 0.717) is 12.5 Å². The number of hydrogen-bond donors (Lipinski definition) is 1. The number of allylic oxidation sites excluding steroid dienone is 2. The Morgan fingerprint density at radius 1 is 0.833 bits per heavy atom. The van der Waals surface area contributed by atoms with E-state index in [1.807, 2.05) is 0 Å². The molecule has 0 aliphatic heterocycles. The van der Waals surface area contributed by atoms with Crippen molar-refractivity contribution in [3.05, 3.63) is 12.2 Å². The first-order valence-electron chi connectivity index (χ1n) is 8.07. The van der Waals surface area contributed by atoms with Crippen molar-refractivity contribution < 1.29 is 5.11 Å². The molecule has 0 radical (unpaired) electrons. The van der Waals surface area contributed by atoms with Gasteiger partial charge in [0.05, 0.1) is 0 Å². The molecule has 0 amide bonds. The van der Waals surface area contributed by atoms with Crippen molar-refractivity contribution in [2.45, 2.75) is 84.5 Å². The minimum Gasteiger partial charge on any atom is -0.396 e. The molecule has 1 atom stereocenters. The summed E-state index contributed by atoms with van der Waals surface area (Å²) in [5, 5.41) is 8.88. The van der Waals surface area contributed by atoms with Crippen molar-refractivity contribution in [2.24, 2.45) is 5.92 Å². The second-order valence-corrected chi connectivity index (χ2v) is 5.61. The van der Waals surface area contributed by atoms with Gasteiger partial charge in [0, 0.05) is 6.61 Å². The van der Waals surface area contributed by atoms with Crippen molar-refractivity contribution in [1.82, 2.24) is 0 Å². The fraction of sp³-hybridized carbons (Fsp3) is 0.882. The third kappa shape index (κ3) is 13.8. The summed E-state index contributed by atoms with van der Waals surface area (Å²) < 4.78 is 0. The van der Waals surface area contributed by atoms with Crippen LogP contribution in [0.2, 0.25) is 0 Å². The van der Waals surface area contributed by atoms with Gasteiger partial charge in [0.1, 0.15) is 0 Å². The molecule has 0 saturated heterocycles. The first kappa shape index (κ1) is 17.7. The molecule has 1 nitrogen and oxygen atoms in total. The van der Waals surface area contributed by atoms with Crippen molar-refractivity contribution in [1.29, 1.82) is 0 Å². The smallest absolute Gasteiger partial charge is 0.0459 e. The van der Waals surface area contributed by atoms with E-state index in [2.05, 4.69) is 26.0 Å². The molecule has 0 heterocycles. The lowest BCUT2D eigenvalue weighted by atomic mass is 10.1. The van der Waals surface area contributed by atoms with Gasteiger partial charge in [0.15, 0.2) is 0 Å². The van der Waals surface area contributed by atoms with Crippen LogP contribution in [0.3, 0.4) is 0 Å². The van der Waals surface area contributed by atoms with Gasteiger partial charge in [-0.2, -0.15) is 0 Å². The summed E-state index contributed by atoms with van der Waals surface area (Å²) in [5.74, 6) is 0.421. The monoisotopic (exact) mass is 254 g/mol. The van der Waals surface area contributed by atoms with Crippen LogP contribution in [0.15, 0.2) is 12.2 Å². The number of aliphatic hydroxyl groups is 1. The second-order valence-electron chi connectivity index (χ2n) is 5.61. The second kappa shape index (κ2) is 14.8. The molecule has 0 aliphatic carbocycles. The molecular formula is C17H34O. The highest BCUT2D eigenvalue weighted by Crippen LogP contribution is 2.11. The van der Waals surface area contributed by atoms with E-state index in [1.165, 1.54) is 64.2 Å². The molecule has 0 unspecified atom stereocenters. The highest BCUT2D eigenvalue weighted by Gasteiger charge is 1.94. The lowest BCUT2D eigenvalue weighted by Gasteiger charge is -2.02. The fourth-order valence-corrected chi connectivity index (χ4v) is 2.09. The van der Waals surface area contributed by atoms with E-state index in [-0.39, 0.29) is 0 Å². The Kier molecular flexibility index (Phi) is 14.5. The van der Waals surface area contributed by atoms with Gasteiger partial charge in [-0.1, -0.05) is 77.4 Å². The highest BCUT2D eigenvalue weighted by atomic mass is 16.3. The normalized spacial score (nSPS) is 13.3. The van der Waals surface area contributed by atoms with E-state index in [4.69, 9.17) is 5.11 Å². The standard InChI is InChI=1S/C17H34O/c1-3-4-5-6-7-8-9-10-11-12-13-14-15-17(2)16-18/h13-14,17-18H,3-12,15-16H2,1-2H3/t17-/m1/s1. The van der Waals surface area contributed by atoms with Crippen molar-refractivity contribution in [3.63, 3.8) is 0 Å². The molecular weight excluding hydrogens is 220 g/mol. The molecule has 0 bridgehead atoms. The maximum Gasteiger partial charge on any atom is 0.0459 e. The lowest BCUT2D eigenvalue weighted by molar-refractivity contribution is 0.239. The first-order chi connectivity index (χ1) is 8.81. The van der Waals surface area contributed by atoms with E-state index >= 15 is 0 Å². The minimum atomic E-state index is 0.308. The zero-order valence-electron chi connectivity index (χ0n) is 12.7. The molecule has 0 fully saturated rings. The van der Waals surface area contributed by atoms with Gasteiger partial charge in [-0.25, -0.2) is 0 Å². The molecule has 0 aliphatic rings. The van der Waals surface area contributed by atoms with Crippen LogP contribution in [0.25, 0.3) is 0 Å². The molecule has 0 aromatic heterocycles. The number of rotatable bonds is 13. The number of hydrogen-bond acceptors (Lipinski definition) is 1. The third-order valence-corrected chi connectivity index (χ3v) is 3.49. The Hall–Kier alpha value is -0.300. The van der Waals surface area contributed by atoms with Crippen molar-refractivity contribution in [2.75, 3.05) is 6.61 Å². The predicted octanol–water partition coefficient (Wildman–Crippen LogP) is 5.48. The molecule has 18 heavy (non-hydrogen) atoms. The van der Waals surface area contributed by atoms with Crippen LogP contribution in [0, 0.1) is 5.92 Å². The summed E-state index contributed by atoms with van der Waals surface area (Å²) in [6, 6.07) is 0. The van der Waals surface area contributed by atoms with Crippen LogP contribution in [-0.4, -0.2) is 11.7 Å². The van der Waals surface area contributed by atoms with Crippen LogP contribution in [0.5, 0.6) is 0 Å². The maximum absolute atomic E-state index is 8.88. The van der Waals surface area contributed by atoms with Crippen LogP contribution in [0.1, 0.15) is 84.5 Å². The molecule has 0 saturated carbocycles. The lowest BCUT2D eigenvalue weighted by Crippen LogP contribution is -1.97. The zero-order valence-corrected chi connectivity index (χ0v) is 12.7. The molecule has 0 aromatic rings. The summed E-state index contributed by atoms with van der Waals surface area (Å²) >= 11 is 0. The van der Waals surface area contributed by atoms with E-state index < -0.39 is 0 Å². The van der Waals surface area contributed by atoms with E-state index in [1.54, 1.807) is 0 Å². The average Bonchev–Trinajstić information content (AvgIpc) is 2.39. The Bertz CT molecular complexity index is 174. The highest BCUT2D eigenvalue weighted by molar-refractivity contribution is 4.82. The summed E-state index contributed by atoms with van der Waals surface area (Å²) in [6.45, 7) is 4.67. The predicted molar refractivity (Wildman–Crippen MR) is 81.9 cm³/mol. The van der Waals surface area contributed by atoms with Crippen LogP contribution < -0.4 is 0 Å². The number of aliphatic hydroxyl groups excluding tert-OH is 1. The van der Waals surface area contributed by atoms with Crippen molar-refractivity contribution in [3.8, 4) is 0 Å². The summed E-state index contributed by atoms with van der Waals surface area (Å²) in [4.78, 5) is 0. The van der Waals surface area contributed by atoms with Gasteiger partial charge in [-0.15, -0.1) is 0 Å². The fourth-order valence-electron chi connectivity index (χ4n) is 2.09. The summed E-state index contributed by atoms with van der Waals surface area (Å²) in [6.07, 6.45) is 19.4. The molecule has 108 valence electrons. The summed E-state index contributed by atoms with van der Waals surface area (Å²) in [7, 11) is 0. The quantitative estimate of drug-likeness (QED) is 0.341. The molecule has 1 heteroatoms. The zero-order chi connectivity index (χ0) is 13.5. The molecule has 0 rings (SSSR count). The van der Waals surface area contributed by atoms with Gasteiger partial charge >= 0.3 is 0 Å². The maximum atomic E-state index is 8.88. The minimum absolute atomic E-state index is 0.308. The van der Waals surface area contributed by atoms with Gasteiger partial charge < -0.3 is 5.11 Å². The number of unbranched alkanes of at least 4 members (excludes halogenated alkanes) is 9. The molecule has 0 aromatic carbocycles. The van der Waals surface area contributed by atoms with Crippen LogP contribution in [0.4, 0.5) is 0 Å².